The van der Waals surface area contributed by atoms with Crippen molar-refractivity contribution in [2.75, 3.05) is 78.5 Å². The fourth-order valence-electron chi connectivity index (χ4n) is 5.30. The molecule has 2 aromatic carbocycles. The Hall–Kier alpha value is -4.25. The van der Waals surface area contributed by atoms with Gasteiger partial charge in [0.1, 0.15) is 6.29 Å². The number of carboxylic acid groups (broad SMARTS) is 2. The molecule has 0 saturated carbocycles. The average molecular weight is 684 g/mol. The Morgan fingerprint density at radius 1 is 0.735 bits per heavy atom. The first-order chi connectivity index (χ1) is 23.6. The quantitative estimate of drug-likeness (QED) is 0.105. The van der Waals surface area contributed by atoms with Gasteiger partial charge in [0.2, 0.25) is 5.91 Å². The van der Waals surface area contributed by atoms with Crippen LogP contribution in [0.1, 0.15) is 23.1 Å². The number of nitrogens with zero attached hydrogens (tertiary/aromatic N) is 4. The molecular weight excluding hydrogens is 634 g/mol. The fourth-order valence-corrected chi connectivity index (χ4v) is 5.30. The molecule has 15 heteroatoms. The Balaban J connectivity index is 1.46. The van der Waals surface area contributed by atoms with Crippen molar-refractivity contribution in [1.82, 2.24) is 30.4 Å². The maximum Gasteiger partial charge on any atom is 0.317 e. The monoisotopic (exact) mass is 683 g/mol. The summed E-state index contributed by atoms with van der Waals surface area (Å²) in [6.07, 6.45) is 1.96. The minimum atomic E-state index is -0.966. The van der Waals surface area contributed by atoms with E-state index in [0.29, 0.717) is 65.2 Å². The Morgan fingerprint density at radius 2 is 1.24 bits per heavy atom. The molecule has 49 heavy (non-hydrogen) atoms. The van der Waals surface area contributed by atoms with Crippen LogP contribution in [0.25, 0.3) is 0 Å². The molecule has 0 bridgehead atoms. The van der Waals surface area contributed by atoms with Gasteiger partial charge in [0.15, 0.2) is 0 Å². The van der Waals surface area contributed by atoms with E-state index >= 15 is 0 Å². The lowest BCUT2D eigenvalue weighted by molar-refractivity contribution is -0.139. The minimum absolute atomic E-state index is 0.0538. The maximum atomic E-state index is 13.0. The third-order valence-electron chi connectivity index (χ3n) is 8.20. The van der Waals surface area contributed by atoms with Gasteiger partial charge >= 0.3 is 11.9 Å². The molecule has 6 N–H and O–H groups in total. The summed E-state index contributed by atoms with van der Waals surface area (Å²) in [5, 5.41) is 21.7. The van der Waals surface area contributed by atoms with E-state index in [4.69, 9.17) is 10.6 Å². The van der Waals surface area contributed by atoms with Crippen molar-refractivity contribution >= 4 is 30.0 Å². The molecule has 268 valence electrons. The standard InChI is InChI=1S/C34H49N7O8/c35-30(11-10-27-4-2-1-3-5-27)34(48)37-49-26-29-8-6-28(7-9-29)22-36-31(43)23-39-16-18-40(24-32(44)45)14-12-38(20-21-42)13-15-41(19-17-39)25-33(46)47/h1-9,21,30H,10-20,22-26,35H2,(H,36,43)(H,37,48)(H,44,45)(H,46,47)/t30-/m1/s1. The second kappa shape index (κ2) is 21.7. The van der Waals surface area contributed by atoms with Crippen LogP contribution in [0.5, 0.6) is 0 Å². The normalized spacial score (nSPS) is 16.5. The van der Waals surface area contributed by atoms with Crippen molar-refractivity contribution in [1.29, 1.82) is 0 Å². The number of nitrogens with two attached hydrogens (primary N) is 1. The number of aliphatic carboxylic acids is 2. The number of carbonyl (C=O) groups excluding carboxylic acids is 3. The molecule has 0 spiro atoms. The Labute approximate surface area is 286 Å². The van der Waals surface area contributed by atoms with Gasteiger partial charge in [-0.05, 0) is 29.5 Å². The molecule has 1 heterocycles. The molecule has 1 atom stereocenters. The summed E-state index contributed by atoms with van der Waals surface area (Å²) in [7, 11) is 0. The molecule has 0 unspecified atom stereocenters. The predicted octanol–water partition coefficient (Wildman–Crippen LogP) is -0.600. The predicted molar refractivity (Wildman–Crippen MR) is 181 cm³/mol. The number of aldehydes is 1. The summed E-state index contributed by atoms with van der Waals surface area (Å²) < 4.78 is 0. The molecule has 0 aliphatic carbocycles. The average Bonchev–Trinajstić information content (AvgIpc) is 3.08. The molecule has 0 radical (unpaired) electrons. The number of hydroxylamine groups is 1. The van der Waals surface area contributed by atoms with Crippen molar-refractivity contribution in [2.45, 2.75) is 32.0 Å². The van der Waals surface area contributed by atoms with E-state index < -0.39 is 23.9 Å². The Morgan fingerprint density at radius 3 is 1.78 bits per heavy atom. The molecule has 0 aromatic heterocycles. The second-order valence-corrected chi connectivity index (χ2v) is 12.1. The zero-order valence-corrected chi connectivity index (χ0v) is 27.9. The van der Waals surface area contributed by atoms with E-state index in [1.807, 2.05) is 64.4 Å². The summed E-state index contributed by atoms with van der Waals surface area (Å²) in [4.78, 5) is 72.1. The van der Waals surface area contributed by atoms with E-state index in [9.17, 15) is 34.2 Å². The van der Waals surface area contributed by atoms with Crippen molar-refractivity contribution in [3.8, 4) is 0 Å². The SMILES string of the molecule is N[C@H](CCc1ccccc1)C(=O)NOCc1ccc(CNC(=O)CN2CCN(CC(=O)O)CCN(CC=O)CCN(CC(=O)O)CC2)cc1. The van der Waals surface area contributed by atoms with Gasteiger partial charge in [-0.1, -0.05) is 54.6 Å². The topological polar surface area (TPSA) is 198 Å². The number of aryl methyl sites for hydroxylation is 1. The van der Waals surface area contributed by atoms with Gasteiger partial charge in [-0.2, -0.15) is 0 Å². The first-order valence-electron chi connectivity index (χ1n) is 16.4. The van der Waals surface area contributed by atoms with Gasteiger partial charge in [0.25, 0.3) is 5.91 Å². The number of carboxylic acids is 2. The minimum Gasteiger partial charge on any atom is -0.480 e. The number of nitrogens with one attached hydrogen (secondary N) is 2. The van der Waals surface area contributed by atoms with Crippen LogP contribution in [0, 0.1) is 0 Å². The number of amides is 2. The molecule has 2 aromatic rings. The molecule has 1 aliphatic heterocycles. The summed E-state index contributed by atoms with van der Waals surface area (Å²) >= 11 is 0. The molecule has 15 nitrogen and oxygen atoms in total. The Bertz CT molecular complexity index is 1300. The van der Waals surface area contributed by atoms with Crippen molar-refractivity contribution in [2.24, 2.45) is 5.73 Å². The number of benzene rings is 2. The third-order valence-corrected chi connectivity index (χ3v) is 8.20. The van der Waals surface area contributed by atoms with Gasteiger partial charge in [0.05, 0.1) is 38.8 Å². The van der Waals surface area contributed by atoms with Crippen LogP contribution in [-0.2, 0) is 48.4 Å². The number of hydrogen-bond acceptors (Lipinski definition) is 11. The van der Waals surface area contributed by atoms with E-state index in [-0.39, 0.29) is 45.2 Å². The number of carbonyl (C=O) groups is 5. The first-order valence-corrected chi connectivity index (χ1v) is 16.4. The van der Waals surface area contributed by atoms with Gasteiger partial charge in [0, 0.05) is 58.9 Å². The van der Waals surface area contributed by atoms with Crippen molar-refractivity contribution in [3.05, 3.63) is 71.3 Å². The third kappa shape index (κ3) is 16.1. The first kappa shape index (κ1) is 39.2. The summed E-state index contributed by atoms with van der Waals surface area (Å²) in [5.74, 6) is -2.55. The molecule has 1 fully saturated rings. The van der Waals surface area contributed by atoms with Gasteiger partial charge in [-0.3, -0.25) is 43.6 Å². The highest BCUT2D eigenvalue weighted by Crippen LogP contribution is 2.07. The van der Waals surface area contributed by atoms with Crippen molar-refractivity contribution in [3.63, 3.8) is 0 Å². The van der Waals surface area contributed by atoms with Gasteiger partial charge in [-0.25, -0.2) is 5.48 Å². The van der Waals surface area contributed by atoms with E-state index in [1.165, 1.54) is 0 Å². The van der Waals surface area contributed by atoms with Crippen LogP contribution in [0.2, 0.25) is 0 Å². The maximum absolute atomic E-state index is 13.0. The largest absolute Gasteiger partial charge is 0.480 e. The zero-order chi connectivity index (χ0) is 35.4. The van der Waals surface area contributed by atoms with E-state index in [2.05, 4.69) is 10.8 Å². The molecular formula is C34H49N7O8. The Kier molecular flexibility index (Phi) is 17.3. The summed E-state index contributed by atoms with van der Waals surface area (Å²) in [6, 6.07) is 16.5. The summed E-state index contributed by atoms with van der Waals surface area (Å²) in [6.45, 7) is 3.62. The smallest absolute Gasteiger partial charge is 0.317 e. The zero-order valence-electron chi connectivity index (χ0n) is 27.9. The fraction of sp³-hybridized carbons (Fsp3) is 0.500. The molecule has 1 saturated heterocycles. The van der Waals surface area contributed by atoms with Crippen LogP contribution >= 0.6 is 0 Å². The summed E-state index contributed by atoms with van der Waals surface area (Å²) in [5.41, 5.74) is 11.2. The van der Waals surface area contributed by atoms with Crippen molar-refractivity contribution < 1.29 is 39.0 Å². The van der Waals surface area contributed by atoms with Crippen LogP contribution in [0.3, 0.4) is 0 Å². The lowest BCUT2D eigenvalue weighted by atomic mass is 10.1. The lowest BCUT2D eigenvalue weighted by Gasteiger charge is -2.32. The van der Waals surface area contributed by atoms with Crippen LogP contribution in [0.15, 0.2) is 54.6 Å². The van der Waals surface area contributed by atoms with Gasteiger partial charge < -0.3 is 26.1 Å². The van der Waals surface area contributed by atoms with E-state index in [0.717, 1.165) is 23.0 Å². The molecule has 2 amide bonds. The van der Waals surface area contributed by atoms with Gasteiger partial charge in [-0.15, -0.1) is 0 Å². The number of hydrogen-bond donors (Lipinski definition) is 5. The molecule has 1 aliphatic rings. The molecule has 3 rings (SSSR count). The highest BCUT2D eigenvalue weighted by molar-refractivity contribution is 5.80. The highest BCUT2D eigenvalue weighted by atomic mass is 16.6. The highest BCUT2D eigenvalue weighted by Gasteiger charge is 2.20. The second-order valence-electron chi connectivity index (χ2n) is 12.1. The van der Waals surface area contributed by atoms with E-state index in [1.54, 1.807) is 9.80 Å². The van der Waals surface area contributed by atoms with Crippen LogP contribution in [-0.4, -0.2) is 144 Å². The van der Waals surface area contributed by atoms with Crippen LogP contribution in [0.4, 0.5) is 0 Å². The number of rotatable bonds is 17. The van der Waals surface area contributed by atoms with Crippen LogP contribution < -0.4 is 16.5 Å². The lowest BCUT2D eigenvalue weighted by Crippen LogP contribution is -2.49.